The van der Waals surface area contributed by atoms with E-state index >= 15 is 0 Å². The Labute approximate surface area is 134 Å². The van der Waals surface area contributed by atoms with Crippen LogP contribution in [0.3, 0.4) is 0 Å². The molecule has 0 radical (unpaired) electrons. The lowest BCUT2D eigenvalue weighted by molar-refractivity contribution is 0.203. The number of rotatable bonds is 5. The molecule has 0 spiro atoms. The molecular weight excluding hydrogens is 294 g/mol. The first-order chi connectivity index (χ1) is 10.9. The Hall–Kier alpha value is -1.59. The van der Waals surface area contributed by atoms with E-state index in [0.29, 0.717) is 0 Å². The molecule has 1 aliphatic heterocycles. The highest BCUT2D eigenvalue weighted by atomic mass is 32.1. The van der Waals surface area contributed by atoms with Crippen molar-refractivity contribution in [1.29, 1.82) is 0 Å². The molecule has 0 aliphatic carbocycles. The van der Waals surface area contributed by atoms with E-state index in [-0.39, 0.29) is 0 Å². The minimum absolute atomic E-state index is 0.736. The van der Waals surface area contributed by atoms with Crippen LogP contribution in [0.2, 0.25) is 0 Å². The van der Waals surface area contributed by atoms with E-state index in [1.165, 1.54) is 37.2 Å². The van der Waals surface area contributed by atoms with Gasteiger partial charge in [-0.05, 0) is 55.9 Å². The summed E-state index contributed by atoms with van der Waals surface area (Å²) in [5.74, 6) is 0.759. The minimum atomic E-state index is 0.736. The molecule has 0 aromatic carbocycles. The molecule has 1 aliphatic rings. The Morgan fingerprint density at radius 3 is 3.00 bits per heavy atom. The second-order valence-electron chi connectivity index (χ2n) is 5.90. The molecule has 1 saturated heterocycles. The van der Waals surface area contributed by atoms with E-state index in [9.17, 15) is 0 Å². The van der Waals surface area contributed by atoms with Gasteiger partial charge in [0.1, 0.15) is 15.9 Å². The van der Waals surface area contributed by atoms with Gasteiger partial charge in [0, 0.05) is 12.7 Å². The maximum absolute atomic E-state index is 5.99. The number of likely N-dealkylation sites (tertiary alicyclic amines) is 1. The summed E-state index contributed by atoms with van der Waals surface area (Å²) in [7, 11) is 0. The number of thiophene rings is 1. The molecule has 1 fully saturated rings. The predicted molar refractivity (Wildman–Crippen MR) is 91.0 cm³/mol. The van der Waals surface area contributed by atoms with Gasteiger partial charge in [-0.25, -0.2) is 4.98 Å². The Balaban J connectivity index is 1.43. The van der Waals surface area contributed by atoms with E-state index in [1.54, 1.807) is 11.3 Å². The van der Waals surface area contributed by atoms with Crippen LogP contribution in [0, 0.1) is 0 Å². The van der Waals surface area contributed by atoms with Gasteiger partial charge in [-0.2, -0.15) is 0 Å². The summed E-state index contributed by atoms with van der Waals surface area (Å²) in [4.78, 5) is 8.41. The topological polar surface area (TPSA) is 29.8 Å². The van der Waals surface area contributed by atoms with Crippen molar-refractivity contribution >= 4 is 27.2 Å². The number of aromatic nitrogens is 2. The molecule has 3 aromatic heterocycles. The fraction of sp³-hybridized carbons (Fsp3) is 0.471. The number of ether oxygens (including phenoxy) is 1. The van der Waals surface area contributed by atoms with Gasteiger partial charge in [0.25, 0.3) is 0 Å². The third kappa shape index (κ3) is 2.71. The van der Waals surface area contributed by atoms with E-state index < -0.39 is 0 Å². The lowest BCUT2D eigenvalue weighted by Gasteiger charge is -2.26. The van der Waals surface area contributed by atoms with Crippen LogP contribution in [-0.2, 0) is 0 Å². The van der Waals surface area contributed by atoms with Crippen molar-refractivity contribution in [3.05, 3.63) is 29.8 Å². The maximum Gasteiger partial charge on any atom is 0.238 e. The Morgan fingerprint density at radius 2 is 2.09 bits per heavy atom. The quantitative estimate of drug-likeness (QED) is 0.671. The van der Waals surface area contributed by atoms with Crippen LogP contribution in [0.25, 0.3) is 15.9 Å². The van der Waals surface area contributed by atoms with Crippen molar-refractivity contribution in [1.82, 2.24) is 14.3 Å². The molecular formula is C17H21N3OS. The van der Waals surface area contributed by atoms with Gasteiger partial charge in [-0.15, -0.1) is 11.3 Å². The van der Waals surface area contributed by atoms with E-state index in [2.05, 4.69) is 44.1 Å². The average molecular weight is 315 g/mol. The third-order valence-electron chi connectivity index (χ3n) is 4.34. The SMILES string of the molecule is c1cc2c(OCCCN3CCCCC3)nc3ccsc3n2c1. The van der Waals surface area contributed by atoms with Crippen molar-refractivity contribution in [2.45, 2.75) is 25.7 Å². The molecule has 116 valence electrons. The molecule has 0 atom stereocenters. The number of fused-ring (bicyclic) bond motifs is 3. The lowest BCUT2D eigenvalue weighted by atomic mass is 10.1. The minimum Gasteiger partial charge on any atom is -0.476 e. The maximum atomic E-state index is 5.99. The largest absolute Gasteiger partial charge is 0.476 e. The first-order valence-electron chi connectivity index (χ1n) is 8.11. The summed E-state index contributed by atoms with van der Waals surface area (Å²) in [6.45, 7) is 4.38. The molecule has 4 heterocycles. The van der Waals surface area contributed by atoms with Gasteiger partial charge < -0.3 is 14.0 Å². The molecule has 0 amide bonds. The van der Waals surface area contributed by atoms with Gasteiger partial charge in [0.05, 0.1) is 6.61 Å². The monoisotopic (exact) mass is 315 g/mol. The predicted octanol–water partition coefficient (Wildman–Crippen LogP) is 3.80. The number of piperidine rings is 1. The van der Waals surface area contributed by atoms with Crippen LogP contribution in [-0.4, -0.2) is 40.5 Å². The standard InChI is InChI=1S/C17H21N3OS/c1-2-8-19(9-3-1)10-5-12-21-16-15-6-4-11-20(15)17-14(18-16)7-13-22-17/h4,6-7,11,13H,1-3,5,8-10,12H2. The van der Waals surface area contributed by atoms with Gasteiger partial charge in [-0.3, -0.25) is 0 Å². The fourth-order valence-electron chi connectivity index (χ4n) is 3.21. The summed E-state index contributed by atoms with van der Waals surface area (Å²) < 4.78 is 8.17. The van der Waals surface area contributed by atoms with Crippen molar-refractivity contribution in [2.75, 3.05) is 26.2 Å². The fourth-order valence-corrected chi connectivity index (χ4v) is 4.04. The Kier molecular flexibility index (Phi) is 3.99. The highest BCUT2D eigenvalue weighted by Gasteiger charge is 2.11. The Morgan fingerprint density at radius 1 is 1.18 bits per heavy atom. The molecule has 0 saturated carbocycles. The zero-order chi connectivity index (χ0) is 14.8. The van der Waals surface area contributed by atoms with Crippen molar-refractivity contribution in [3.8, 4) is 5.88 Å². The first kappa shape index (κ1) is 14.0. The van der Waals surface area contributed by atoms with Crippen molar-refractivity contribution < 1.29 is 4.74 Å². The van der Waals surface area contributed by atoms with E-state index in [4.69, 9.17) is 4.74 Å². The number of hydrogen-bond donors (Lipinski definition) is 0. The van der Waals surface area contributed by atoms with Crippen molar-refractivity contribution in [3.63, 3.8) is 0 Å². The van der Waals surface area contributed by atoms with Crippen LogP contribution in [0.5, 0.6) is 5.88 Å². The van der Waals surface area contributed by atoms with Crippen LogP contribution >= 0.6 is 11.3 Å². The molecule has 0 N–H and O–H groups in total. The normalized spacial score (nSPS) is 16.5. The third-order valence-corrected chi connectivity index (χ3v) is 5.24. The van der Waals surface area contributed by atoms with Gasteiger partial charge >= 0.3 is 0 Å². The highest BCUT2D eigenvalue weighted by molar-refractivity contribution is 7.16. The highest BCUT2D eigenvalue weighted by Crippen LogP contribution is 2.27. The molecule has 0 unspecified atom stereocenters. The molecule has 4 rings (SSSR count). The molecule has 0 bridgehead atoms. The summed E-state index contributed by atoms with van der Waals surface area (Å²) in [5, 5.41) is 2.08. The van der Waals surface area contributed by atoms with E-state index in [0.717, 1.165) is 36.5 Å². The zero-order valence-corrected chi connectivity index (χ0v) is 13.5. The molecule has 22 heavy (non-hydrogen) atoms. The molecule has 4 nitrogen and oxygen atoms in total. The Bertz CT molecular complexity index is 758. The average Bonchev–Trinajstić information content (AvgIpc) is 3.20. The van der Waals surface area contributed by atoms with Crippen LogP contribution in [0.15, 0.2) is 29.8 Å². The second kappa shape index (κ2) is 6.26. The lowest BCUT2D eigenvalue weighted by Crippen LogP contribution is -2.31. The number of hydrogen-bond acceptors (Lipinski definition) is 4. The smallest absolute Gasteiger partial charge is 0.238 e. The van der Waals surface area contributed by atoms with Gasteiger partial charge in [0.2, 0.25) is 5.88 Å². The van der Waals surface area contributed by atoms with Crippen molar-refractivity contribution in [2.24, 2.45) is 0 Å². The van der Waals surface area contributed by atoms with Gasteiger partial charge in [-0.1, -0.05) is 6.42 Å². The summed E-state index contributed by atoms with van der Waals surface area (Å²) >= 11 is 1.72. The summed E-state index contributed by atoms with van der Waals surface area (Å²) in [5.41, 5.74) is 2.08. The van der Waals surface area contributed by atoms with Crippen LogP contribution in [0.4, 0.5) is 0 Å². The first-order valence-corrected chi connectivity index (χ1v) is 8.99. The summed E-state index contributed by atoms with van der Waals surface area (Å²) in [6, 6.07) is 6.18. The molecule has 5 heteroatoms. The van der Waals surface area contributed by atoms with Crippen LogP contribution < -0.4 is 4.74 Å². The van der Waals surface area contributed by atoms with Gasteiger partial charge in [0.15, 0.2) is 0 Å². The van der Waals surface area contributed by atoms with Crippen LogP contribution in [0.1, 0.15) is 25.7 Å². The second-order valence-corrected chi connectivity index (χ2v) is 6.79. The number of nitrogens with zero attached hydrogens (tertiary/aromatic N) is 3. The molecule has 3 aromatic rings. The van der Waals surface area contributed by atoms with E-state index in [1.807, 2.05) is 0 Å². The zero-order valence-electron chi connectivity index (χ0n) is 12.7. The summed E-state index contributed by atoms with van der Waals surface area (Å²) in [6.07, 6.45) is 7.24.